The predicted molar refractivity (Wildman–Crippen MR) is 101 cm³/mol. The zero-order valence-electron chi connectivity index (χ0n) is 15.9. The van der Waals surface area contributed by atoms with Crippen LogP contribution in [0.2, 0.25) is 0 Å². The van der Waals surface area contributed by atoms with E-state index < -0.39 is 0 Å². The summed E-state index contributed by atoms with van der Waals surface area (Å²) in [6.07, 6.45) is 8.21. The van der Waals surface area contributed by atoms with E-state index in [1.807, 2.05) is 0 Å². The van der Waals surface area contributed by atoms with Gasteiger partial charge in [-0.25, -0.2) is 0 Å². The summed E-state index contributed by atoms with van der Waals surface area (Å²) < 4.78 is 11.8. The fourth-order valence-electron chi connectivity index (χ4n) is 4.07. The standard InChI is InChI=1S/C19H36N4O2/c1-2-20-19(21-9-12-22-10-5-3-4-6-11-22)23-13-15-25-18(16-23)17-8-7-14-24-17/h17-18H,2-16H2,1H3,(H,20,21). The molecule has 3 aliphatic heterocycles. The molecule has 0 saturated carbocycles. The number of hydrogen-bond donors (Lipinski definition) is 1. The van der Waals surface area contributed by atoms with Crippen molar-refractivity contribution in [2.75, 3.05) is 59.0 Å². The van der Waals surface area contributed by atoms with E-state index in [0.29, 0.717) is 0 Å². The van der Waals surface area contributed by atoms with Crippen LogP contribution in [-0.2, 0) is 9.47 Å². The highest BCUT2D eigenvalue weighted by atomic mass is 16.5. The highest BCUT2D eigenvalue weighted by Crippen LogP contribution is 2.21. The summed E-state index contributed by atoms with van der Waals surface area (Å²) in [4.78, 5) is 9.86. The summed E-state index contributed by atoms with van der Waals surface area (Å²) in [5.41, 5.74) is 0. The average Bonchev–Trinajstić information content (AvgIpc) is 3.06. The number of hydrogen-bond acceptors (Lipinski definition) is 4. The number of nitrogens with zero attached hydrogens (tertiary/aromatic N) is 3. The molecule has 3 aliphatic rings. The van der Waals surface area contributed by atoms with Gasteiger partial charge in [-0.05, 0) is 45.7 Å². The molecule has 0 aromatic carbocycles. The Morgan fingerprint density at radius 3 is 2.52 bits per heavy atom. The quantitative estimate of drug-likeness (QED) is 0.603. The van der Waals surface area contributed by atoms with E-state index in [-0.39, 0.29) is 12.2 Å². The van der Waals surface area contributed by atoms with Crippen LogP contribution in [0.15, 0.2) is 4.99 Å². The molecule has 0 aliphatic carbocycles. The molecule has 3 saturated heterocycles. The SMILES string of the molecule is CCNC(=NCCN1CCCCCC1)N1CCOC(C2CCCO2)C1. The summed E-state index contributed by atoms with van der Waals surface area (Å²) in [5, 5.41) is 3.47. The lowest BCUT2D eigenvalue weighted by Crippen LogP contribution is -2.53. The predicted octanol–water partition coefficient (Wildman–Crippen LogP) is 1.71. The molecular formula is C19H36N4O2. The molecule has 25 heavy (non-hydrogen) atoms. The van der Waals surface area contributed by atoms with Crippen molar-refractivity contribution >= 4 is 5.96 Å². The maximum absolute atomic E-state index is 5.98. The minimum absolute atomic E-state index is 0.186. The number of aliphatic imine (C=N–C) groups is 1. The maximum atomic E-state index is 5.98. The van der Waals surface area contributed by atoms with Crippen LogP contribution in [0.3, 0.4) is 0 Å². The number of nitrogens with one attached hydrogen (secondary N) is 1. The fourth-order valence-corrected chi connectivity index (χ4v) is 4.07. The van der Waals surface area contributed by atoms with Crippen molar-refractivity contribution in [3.63, 3.8) is 0 Å². The van der Waals surface area contributed by atoms with Crippen molar-refractivity contribution < 1.29 is 9.47 Å². The van der Waals surface area contributed by atoms with E-state index in [1.54, 1.807) is 0 Å². The van der Waals surface area contributed by atoms with Gasteiger partial charge >= 0.3 is 0 Å². The molecule has 6 heteroatoms. The van der Waals surface area contributed by atoms with Crippen LogP contribution >= 0.6 is 0 Å². The second kappa shape index (κ2) is 10.3. The summed E-state index contributed by atoms with van der Waals surface area (Å²) in [5.74, 6) is 1.05. The van der Waals surface area contributed by atoms with Crippen molar-refractivity contribution in [3.05, 3.63) is 0 Å². The summed E-state index contributed by atoms with van der Waals surface area (Å²) in [6, 6.07) is 0. The zero-order valence-corrected chi connectivity index (χ0v) is 15.9. The first kappa shape index (κ1) is 18.9. The second-order valence-corrected chi connectivity index (χ2v) is 7.40. The van der Waals surface area contributed by atoms with E-state index in [1.165, 1.54) is 38.8 Å². The van der Waals surface area contributed by atoms with E-state index in [4.69, 9.17) is 14.5 Å². The van der Waals surface area contributed by atoms with E-state index in [9.17, 15) is 0 Å². The summed E-state index contributed by atoms with van der Waals surface area (Å²) >= 11 is 0. The van der Waals surface area contributed by atoms with E-state index >= 15 is 0 Å². The average molecular weight is 353 g/mol. The van der Waals surface area contributed by atoms with Crippen molar-refractivity contribution in [2.24, 2.45) is 4.99 Å². The molecule has 1 N–H and O–H groups in total. The van der Waals surface area contributed by atoms with Crippen molar-refractivity contribution in [3.8, 4) is 0 Å². The van der Waals surface area contributed by atoms with Gasteiger partial charge in [0, 0.05) is 32.8 Å². The summed E-state index contributed by atoms with van der Waals surface area (Å²) in [7, 11) is 0. The molecule has 0 aromatic rings. The second-order valence-electron chi connectivity index (χ2n) is 7.40. The van der Waals surface area contributed by atoms with Gasteiger partial charge in [-0.3, -0.25) is 4.99 Å². The molecule has 3 rings (SSSR count). The van der Waals surface area contributed by atoms with E-state index in [0.717, 1.165) is 64.7 Å². The molecule has 0 radical (unpaired) electrons. The lowest BCUT2D eigenvalue weighted by Gasteiger charge is -2.37. The number of morpholine rings is 1. The molecule has 144 valence electrons. The molecule has 2 atom stereocenters. The molecule has 6 nitrogen and oxygen atoms in total. The first-order valence-electron chi connectivity index (χ1n) is 10.4. The maximum Gasteiger partial charge on any atom is 0.194 e. The van der Waals surface area contributed by atoms with Gasteiger partial charge < -0.3 is 24.6 Å². The third-order valence-electron chi connectivity index (χ3n) is 5.48. The van der Waals surface area contributed by atoms with Gasteiger partial charge in [-0.2, -0.15) is 0 Å². The van der Waals surface area contributed by atoms with Gasteiger partial charge in [-0.1, -0.05) is 12.8 Å². The Morgan fingerprint density at radius 2 is 1.80 bits per heavy atom. The van der Waals surface area contributed by atoms with Crippen LogP contribution in [0, 0.1) is 0 Å². The Labute approximate surface area is 152 Å². The molecule has 0 bridgehead atoms. The normalized spacial score (nSPS) is 29.6. The topological polar surface area (TPSA) is 49.3 Å². The first-order chi connectivity index (χ1) is 12.4. The number of guanidine groups is 1. The van der Waals surface area contributed by atoms with Crippen LogP contribution in [-0.4, -0.2) is 87.0 Å². The van der Waals surface area contributed by atoms with Gasteiger partial charge in [0.25, 0.3) is 0 Å². The molecular weight excluding hydrogens is 316 g/mol. The Hall–Kier alpha value is -0.850. The van der Waals surface area contributed by atoms with Crippen LogP contribution < -0.4 is 5.32 Å². The van der Waals surface area contributed by atoms with Gasteiger partial charge in [0.15, 0.2) is 5.96 Å². The lowest BCUT2D eigenvalue weighted by atomic mass is 10.1. The largest absolute Gasteiger partial charge is 0.375 e. The number of ether oxygens (including phenoxy) is 2. The molecule has 0 aromatic heterocycles. The third-order valence-corrected chi connectivity index (χ3v) is 5.48. The van der Waals surface area contributed by atoms with Crippen LogP contribution in [0.5, 0.6) is 0 Å². The van der Waals surface area contributed by atoms with Crippen molar-refractivity contribution in [1.82, 2.24) is 15.1 Å². The minimum atomic E-state index is 0.186. The van der Waals surface area contributed by atoms with Crippen LogP contribution in [0.4, 0.5) is 0 Å². The van der Waals surface area contributed by atoms with Gasteiger partial charge in [0.05, 0.1) is 19.3 Å². The minimum Gasteiger partial charge on any atom is -0.375 e. The smallest absolute Gasteiger partial charge is 0.194 e. The number of rotatable bonds is 5. The van der Waals surface area contributed by atoms with Crippen LogP contribution in [0.1, 0.15) is 45.4 Å². The summed E-state index contributed by atoms with van der Waals surface area (Å²) in [6.45, 7) is 10.9. The van der Waals surface area contributed by atoms with Crippen molar-refractivity contribution in [1.29, 1.82) is 0 Å². The zero-order chi connectivity index (χ0) is 17.3. The Bertz CT molecular complexity index is 404. The molecule has 0 amide bonds. The van der Waals surface area contributed by atoms with Crippen LogP contribution in [0.25, 0.3) is 0 Å². The van der Waals surface area contributed by atoms with Gasteiger partial charge in [-0.15, -0.1) is 0 Å². The third kappa shape index (κ3) is 5.83. The highest BCUT2D eigenvalue weighted by molar-refractivity contribution is 5.80. The molecule has 2 unspecified atom stereocenters. The number of likely N-dealkylation sites (tertiary alicyclic amines) is 1. The molecule has 3 fully saturated rings. The van der Waals surface area contributed by atoms with Crippen molar-refractivity contribution in [2.45, 2.75) is 57.7 Å². The van der Waals surface area contributed by atoms with E-state index in [2.05, 4.69) is 22.0 Å². The highest BCUT2D eigenvalue weighted by Gasteiger charge is 2.32. The molecule has 0 spiro atoms. The molecule has 3 heterocycles. The Morgan fingerprint density at radius 1 is 1.00 bits per heavy atom. The Kier molecular flexibility index (Phi) is 7.82. The van der Waals surface area contributed by atoms with Gasteiger partial charge in [0.1, 0.15) is 6.10 Å². The first-order valence-corrected chi connectivity index (χ1v) is 10.4. The fraction of sp³-hybridized carbons (Fsp3) is 0.947. The lowest BCUT2D eigenvalue weighted by molar-refractivity contribution is -0.0817. The van der Waals surface area contributed by atoms with Gasteiger partial charge in [0.2, 0.25) is 0 Å². The monoisotopic (exact) mass is 352 g/mol. The Balaban J connectivity index is 1.51.